The van der Waals surface area contributed by atoms with E-state index in [1.807, 2.05) is 0 Å². The van der Waals surface area contributed by atoms with Gasteiger partial charge in [0.25, 0.3) is 0 Å². The van der Waals surface area contributed by atoms with Crippen LogP contribution in [0.3, 0.4) is 0 Å². The van der Waals surface area contributed by atoms with Crippen molar-refractivity contribution in [3.05, 3.63) is 0 Å². The minimum Gasteiger partial charge on any atom is -0.355 e. The van der Waals surface area contributed by atoms with E-state index in [4.69, 9.17) is 5.73 Å². The number of nitrogens with one attached hydrogen (secondary N) is 2. The average Bonchev–Trinajstić information content (AvgIpc) is 2.63. The highest BCUT2D eigenvalue weighted by molar-refractivity contribution is 7.89. The van der Waals surface area contributed by atoms with Crippen molar-refractivity contribution in [3.63, 3.8) is 0 Å². The molecule has 1 aliphatic carbocycles. The van der Waals surface area contributed by atoms with Crippen LogP contribution in [0.25, 0.3) is 0 Å². The first-order valence-electron chi connectivity index (χ1n) is 5.97. The van der Waals surface area contributed by atoms with Crippen molar-refractivity contribution >= 4 is 15.9 Å². The molecule has 2 unspecified atom stereocenters. The fourth-order valence-electron chi connectivity index (χ4n) is 2.05. The molecule has 2 atom stereocenters. The molecule has 1 rings (SSSR count). The summed E-state index contributed by atoms with van der Waals surface area (Å²) in [7, 11) is -3.26. The van der Waals surface area contributed by atoms with Gasteiger partial charge in [-0.1, -0.05) is 13.3 Å². The summed E-state index contributed by atoms with van der Waals surface area (Å²) in [5, 5.41) is 2.63. The van der Waals surface area contributed by atoms with Crippen molar-refractivity contribution in [2.24, 2.45) is 11.7 Å². The van der Waals surface area contributed by atoms with Crippen molar-refractivity contribution in [1.29, 1.82) is 0 Å². The molecule has 17 heavy (non-hydrogen) atoms. The highest BCUT2D eigenvalue weighted by Crippen LogP contribution is 2.23. The molecule has 0 spiro atoms. The number of hydrogen-bond acceptors (Lipinski definition) is 4. The number of nitrogens with two attached hydrogens (primary N) is 1. The van der Waals surface area contributed by atoms with Gasteiger partial charge in [0.05, 0.1) is 11.7 Å². The van der Waals surface area contributed by atoms with E-state index in [1.165, 1.54) is 0 Å². The summed E-state index contributed by atoms with van der Waals surface area (Å²) >= 11 is 0. The Bertz CT molecular complexity index is 356. The minimum atomic E-state index is -3.26. The Balaban J connectivity index is 2.29. The molecule has 0 aromatic heterocycles. The van der Waals surface area contributed by atoms with Crippen LogP contribution in [0.2, 0.25) is 0 Å². The van der Waals surface area contributed by atoms with Gasteiger partial charge in [-0.15, -0.1) is 0 Å². The van der Waals surface area contributed by atoms with Crippen LogP contribution in [0.5, 0.6) is 0 Å². The topological polar surface area (TPSA) is 101 Å². The van der Waals surface area contributed by atoms with Crippen molar-refractivity contribution < 1.29 is 13.2 Å². The van der Waals surface area contributed by atoms with Gasteiger partial charge in [0.1, 0.15) is 0 Å². The minimum absolute atomic E-state index is 0.0830. The van der Waals surface area contributed by atoms with Gasteiger partial charge in [0, 0.05) is 19.1 Å². The van der Waals surface area contributed by atoms with E-state index in [1.54, 1.807) is 6.92 Å². The molecular formula is C10H21N3O3S. The van der Waals surface area contributed by atoms with E-state index in [0.29, 0.717) is 6.54 Å². The fourth-order valence-corrected chi connectivity index (χ4v) is 3.00. The third-order valence-corrected chi connectivity index (χ3v) is 4.41. The summed E-state index contributed by atoms with van der Waals surface area (Å²) in [4.78, 5) is 11.7. The smallest absolute Gasteiger partial charge is 0.224 e. The average molecular weight is 263 g/mol. The highest BCUT2D eigenvalue weighted by Gasteiger charge is 2.29. The summed E-state index contributed by atoms with van der Waals surface area (Å²) in [6.07, 6.45) is 2.63. The zero-order chi connectivity index (χ0) is 12.9. The molecule has 0 saturated heterocycles. The molecule has 0 aromatic rings. The zero-order valence-corrected chi connectivity index (χ0v) is 10.9. The maximum Gasteiger partial charge on any atom is 0.224 e. The van der Waals surface area contributed by atoms with E-state index in [-0.39, 0.29) is 30.2 Å². The Hall–Kier alpha value is -0.660. The van der Waals surface area contributed by atoms with Crippen molar-refractivity contribution in [3.8, 4) is 0 Å². The molecule has 1 aliphatic rings. The van der Waals surface area contributed by atoms with E-state index in [9.17, 15) is 13.2 Å². The monoisotopic (exact) mass is 263 g/mol. The molecule has 7 heteroatoms. The van der Waals surface area contributed by atoms with Crippen molar-refractivity contribution in [2.75, 3.05) is 18.8 Å². The Morgan fingerprint density at radius 1 is 1.41 bits per heavy atom. The zero-order valence-electron chi connectivity index (χ0n) is 10.1. The summed E-state index contributed by atoms with van der Waals surface area (Å²) in [5.74, 6) is -0.368. The summed E-state index contributed by atoms with van der Waals surface area (Å²) in [5.41, 5.74) is 5.79. The number of rotatable bonds is 6. The molecule has 1 amide bonds. The summed E-state index contributed by atoms with van der Waals surface area (Å²) in [6, 6.07) is -0.0830. The molecule has 4 N–H and O–H groups in total. The second-order valence-corrected chi connectivity index (χ2v) is 6.24. The number of sulfonamides is 1. The van der Waals surface area contributed by atoms with Crippen LogP contribution in [0.1, 0.15) is 26.2 Å². The number of amides is 1. The standard InChI is InChI=1S/C10H21N3O3S/c1-2-13-17(15,16)7-6-12-10(14)8-4-3-5-9(8)11/h8-9,13H,2-7,11H2,1H3,(H,12,14). The van der Waals surface area contributed by atoms with Gasteiger partial charge in [0.2, 0.25) is 15.9 Å². The van der Waals surface area contributed by atoms with E-state index in [2.05, 4.69) is 10.0 Å². The van der Waals surface area contributed by atoms with Crippen LogP contribution in [-0.4, -0.2) is 39.2 Å². The second kappa shape index (κ2) is 6.32. The number of carbonyl (C=O) groups is 1. The van der Waals surface area contributed by atoms with Gasteiger partial charge >= 0.3 is 0 Å². The lowest BCUT2D eigenvalue weighted by molar-refractivity contribution is -0.125. The SMILES string of the molecule is CCNS(=O)(=O)CCNC(=O)C1CCCC1N. The predicted molar refractivity (Wildman–Crippen MR) is 65.8 cm³/mol. The third kappa shape index (κ3) is 4.61. The molecule has 1 fully saturated rings. The molecule has 0 aliphatic heterocycles. The molecule has 6 nitrogen and oxygen atoms in total. The molecule has 0 bridgehead atoms. The van der Waals surface area contributed by atoms with Crippen LogP contribution in [0.15, 0.2) is 0 Å². The van der Waals surface area contributed by atoms with E-state index in [0.717, 1.165) is 19.3 Å². The van der Waals surface area contributed by atoms with Crippen LogP contribution in [-0.2, 0) is 14.8 Å². The van der Waals surface area contributed by atoms with Crippen LogP contribution in [0.4, 0.5) is 0 Å². The first-order chi connectivity index (χ1) is 7.96. The molecular weight excluding hydrogens is 242 g/mol. The van der Waals surface area contributed by atoms with Gasteiger partial charge in [-0.05, 0) is 12.8 Å². The Kier molecular flexibility index (Phi) is 5.35. The summed E-state index contributed by atoms with van der Waals surface area (Å²) in [6.45, 7) is 2.22. The summed E-state index contributed by atoms with van der Waals surface area (Å²) < 4.78 is 25.0. The second-order valence-electron chi connectivity index (χ2n) is 4.31. The van der Waals surface area contributed by atoms with E-state index < -0.39 is 10.0 Å². The Morgan fingerprint density at radius 3 is 2.65 bits per heavy atom. The molecule has 0 heterocycles. The lowest BCUT2D eigenvalue weighted by Crippen LogP contribution is -2.41. The Labute approximate surface area is 102 Å². The van der Waals surface area contributed by atoms with Gasteiger partial charge in [-0.3, -0.25) is 4.79 Å². The van der Waals surface area contributed by atoms with E-state index >= 15 is 0 Å². The quantitative estimate of drug-likeness (QED) is 0.582. The van der Waals surface area contributed by atoms with Gasteiger partial charge < -0.3 is 11.1 Å². The maximum atomic E-state index is 11.7. The molecule has 100 valence electrons. The molecule has 0 aromatic carbocycles. The van der Waals surface area contributed by atoms with Gasteiger partial charge in [-0.25, -0.2) is 13.1 Å². The largest absolute Gasteiger partial charge is 0.355 e. The Morgan fingerprint density at radius 2 is 2.12 bits per heavy atom. The van der Waals surface area contributed by atoms with Crippen LogP contribution in [0, 0.1) is 5.92 Å². The molecule has 0 radical (unpaired) electrons. The first-order valence-corrected chi connectivity index (χ1v) is 7.62. The normalized spacial score (nSPS) is 24.8. The number of hydrogen-bond donors (Lipinski definition) is 3. The lowest BCUT2D eigenvalue weighted by Gasteiger charge is -2.15. The number of carbonyl (C=O) groups excluding carboxylic acids is 1. The predicted octanol–water partition coefficient (Wildman–Crippen LogP) is -0.831. The fraction of sp³-hybridized carbons (Fsp3) is 0.900. The third-order valence-electron chi connectivity index (χ3n) is 2.94. The first kappa shape index (κ1) is 14.4. The maximum absolute atomic E-state index is 11.7. The van der Waals surface area contributed by atoms with Gasteiger partial charge in [-0.2, -0.15) is 0 Å². The highest BCUT2D eigenvalue weighted by atomic mass is 32.2. The lowest BCUT2D eigenvalue weighted by atomic mass is 10.0. The molecule has 1 saturated carbocycles. The van der Waals surface area contributed by atoms with Crippen LogP contribution < -0.4 is 15.8 Å². The van der Waals surface area contributed by atoms with Crippen molar-refractivity contribution in [1.82, 2.24) is 10.0 Å². The van der Waals surface area contributed by atoms with Crippen LogP contribution >= 0.6 is 0 Å². The van der Waals surface area contributed by atoms with Gasteiger partial charge in [0.15, 0.2) is 0 Å². The van der Waals surface area contributed by atoms with Crippen molar-refractivity contribution in [2.45, 2.75) is 32.2 Å².